The largest absolute Gasteiger partial charge is 0.452 e. The third kappa shape index (κ3) is 4.36. The van der Waals surface area contributed by atoms with Crippen LogP contribution in [-0.2, 0) is 9.53 Å². The Kier molecular flexibility index (Phi) is 6.09. The van der Waals surface area contributed by atoms with Crippen molar-refractivity contribution in [1.29, 1.82) is 0 Å². The summed E-state index contributed by atoms with van der Waals surface area (Å²) in [6, 6.07) is 15.4. The van der Waals surface area contributed by atoms with Crippen LogP contribution in [0.2, 0.25) is 0 Å². The molecule has 0 unspecified atom stereocenters. The Hall–Kier alpha value is -4.53. The van der Waals surface area contributed by atoms with Crippen LogP contribution in [0.4, 0.5) is 10.5 Å². The average Bonchev–Trinajstić information content (AvgIpc) is 2.81. The molecule has 1 aliphatic rings. The number of hydrogen-bond donors (Lipinski definition) is 2. The molecular formula is C25H21N3O6. The Balaban J connectivity index is 1.46. The monoisotopic (exact) mass is 459 g/mol. The minimum atomic E-state index is -0.794. The topological polar surface area (TPSA) is 122 Å². The van der Waals surface area contributed by atoms with Crippen LogP contribution in [-0.4, -0.2) is 42.4 Å². The Morgan fingerprint density at radius 1 is 0.882 bits per heavy atom. The van der Waals surface area contributed by atoms with Gasteiger partial charge in [0.2, 0.25) is 0 Å². The SMILES string of the molecule is CC(C)NC(=O)NC(=O)COC(=O)c1ccc(N2C(=O)c3cccc4cccc(c34)C2=O)cc1. The first-order valence-corrected chi connectivity index (χ1v) is 10.5. The molecule has 0 bridgehead atoms. The summed E-state index contributed by atoms with van der Waals surface area (Å²) in [5.41, 5.74) is 1.25. The molecular weight excluding hydrogens is 438 g/mol. The number of imide groups is 2. The van der Waals surface area contributed by atoms with E-state index in [2.05, 4.69) is 5.32 Å². The summed E-state index contributed by atoms with van der Waals surface area (Å²) >= 11 is 0. The number of amides is 5. The van der Waals surface area contributed by atoms with Crippen molar-refractivity contribution in [2.24, 2.45) is 0 Å². The number of rotatable bonds is 5. The van der Waals surface area contributed by atoms with Gasteiger partial charge >= 0.3 is 12.0 Å². The third-order valence-electron chi connectivity index (χ3n) is 5.14. The van der Waals surface area contributed by atoms with E-state index in [1.807, 2.05) is 17.4 Å². The second-order valence-corrected chi connectivity index (χ2v) is 7.95. The molecule has 3 aromatic rings. The lowest BCUT2D eigenvalue weighted by Crippen LogP contribution is -2.44. The zero-order valence-corrected chi connectivity index (χ0v) is 18.5. The number of urea groups is 1. The number of hydrogen-bond acceptors (Lipinski definition) is 6. The van der Waals surface area contributed by atoms with Crippen molar-refractivity contribution in [3.8, 4) is 0 Å². The number of carbonyl (C=O) groups is 5. The lowest BCUT2D eigenvalue weighted by atomic mass is 9.94. The average molecular weight is 459 g/mol. The number of esters is 1. The van der Waals surface area contributed by atoms with Crippen molar-refractivity contribution < 1.29 is 28.7 Å². The van der Waals surface area contributed by atoms with Crippen molar-refractivity contribution in [3.63, 3.8) is 0 Å². The van der Waals surface area contributed by atoms with Crippen molar-refractivity contribution in [2.75, 3.05) is 11.5 Å². The normalized spacial score (nSPS) is 12.6. The predicted molar refractivity (Wildman–Crippen MR) is 124 cm³/mol. The molecule has 172 valence electrons. The number of ether oxygens (including phenoxy) is 1. The molecule has 0 radical (unpaired) electrons. The summed E-state index contributed by atoms with van der Waals surface area (Å²) in [4.78, 5) is 62.8. The van der Waals surface area contributed by atoms with Gasteiger partial charge in [-0.25, -0.2) is 14.5 Å². The van der Waals surface area contributed by atoms with Crippen molar-refractivity contribution in [1.82, 2.24) is 10.6 Å². The van der Waals surface area contributed by atoms with Gasteiger partial charge < -0.3 is 10.1 Å². The van der Waals surface area contributed by atoms with E-state index in [-0.39, 0.29) is 11.6 Å². The van der Waals surface area contributed by atoms with Gasteiger partial charge in [-0.05, 0) is 55.6 Å². The van der Waals surface area contributed by atoms with E-state index in [4.69, 9.17) is 4.74 Å². The molecule has 0 spiro atoms. The van der Waals surface area contributed by atoms with Crippen LogP contribution in [0.25, 0.3) is 10.8 Å². The molecule has 34 heavy (non-hydrogen) atoms. The third-order valence-corrected chi connectivity index (χ3v) is 5.14. The number of carbonyl (C=O) groups excluding carboxylic acids is 5. The molecule has 0 saturated heterocycles. The molecule has 4 rings (SSSR count). The van der Waals surface area contributed by atoms with E-state index in [1.54, 1.807) is 38.1 Å². The highest BCUT2D eigenvalue weighted by Crippen LogP contribution is 2.32. The van der Waals surface area contributed by atoms with Crippen LogP contribution in [0.5, 0.6) is 0 Å². The number of anilines is 1. The van der Waals surface area contributed by atoms with Gasteiger partial charge in [0.05, 0.1) is 11.3 Å². The molecule has 0 aliphatic carbocycles. The van der Waals surface area contributed by atoms with Crippen LogP contribution < -0.4 is 15.5 Å². The van der Waals surface area contributed by atoms with Crippen LogP contribution in [0.1, 0.15) is 44.9 Å². The molecule has 9 nitrogen and oxygen atoms in total. The van der Waals surface area contributed by atoms with E-state index in [1.165, 1.54) is 24.3 Å². The predicted octanol–water partition coefficient (Wildman–Crippen LogP) is 3.03. The lowest BCUT2D eigenvalue weighted by Gasteiger charge is -2.27. The fraction of sp³-hybridized carbons (Fsp3) is 0.160. The number of nitrogens with zero attached hydrogens (tertiary/aromatic N) is 1. The maximum Gasteiger partial charge on any atom is 0.338 e. The van der Waals surface area contributed by atoms with Gasteiger partial charge in [-0.1, -0.05) is 24.3 Å². The molecule has 1 aliphatic heterocycles. The Morgan fingerprint density at radius 3 is 2.03 bits per heavy atom. The van der Waals surface area contributed by atoms with E-state index in [0.29, 0.717) is 22.2 Å². The van der Waals surface area contributed by atoms with Crippen LogP contribution >= 0.6 is 0 Å². The molecule has 2 N–H and O–H groups in total. The Morgan fingerprint density at radius 2 is 1.47 bits per heavy atom. The molecule has 5 amide bonds. The van der Waals surface area contributed by atoms with Gasteiger partial charge in [-0.2, -0.15) is 0 Å². The van der Waals surface area contributed by atoms with Crippen molar-refractivity contribution in [3.05, 3.63) is 77.4 Å². The highest BCUT2D eigenvalue weighted by Gasteiger charge is 2.33. The molecule has 3 aromatic carbocycles. The fourth-order valence-electron chi connectivity index (χ4n) is 3.69. The minimum Gasteiger partial charge on any atom is -0.452 e. The fourth-order valence-corrected chi connectivity index (χ4v) is 3.69. The van der Waals surface area contributed by atoms with Gasteiger partial charge in [0.1, 0.15) is 0 Å². The highest BCUT2D eigenvalue weighted by molar-refractivity contribution is 6.35. The van der Waals surface area contributed by atoms with Crippen LogP contribution in [0.15, 0.2) is 60.7 Å². The zero-order valence-electron chi connectivity index (χ0n) is 18.5. The summed E-state index contributed by atoms with van der Waals surface area (Å²) in [5, 5.41) is 5.96. The smallest absolute Gasteiger partial charge is 0.338 e. The van der Waals surface area contributed by atoms with Gasteiger partial charge in [-0.15, -0.1) is 0 Å². The van der Waals surface area contributed by atoms with Gasteiger partial charge in [0.15, 0.2) is 6.61 Å². The van der Waals surface area contributed by atoms with E-state index in [0.717, 1.165) is 10.3 Å². The summed E-state index contributed by atoms with van der Waals surface area (Å²) in [7, 11) is 0. The molecule has 0 fully saturated rings. The first-order valence-electron chi connectivity index (χ1n) is 10.5. The van der Waals surface area contributed by atoms with E-state index >= 15 is 0 Å². The molecule has 0 saturated carbocycles. The summed E-state index contributed by atoms with van der Waals surface area (Å²) < 4.78 is 4.93. The second-order valence-electron chi connectivity index (χ2n) is 7.95. The maximum absolute atomic E-state index is 13.1. The number of benzene rings is 3. The standard InChI is InChI=1S/C25H21N3O6/c1-14(2)26-25(33)27-20(29)13-34-24(32)16-9-11-17(12-10-16)28-22(30)18-7-3-5-15-6-4-8-19(21(15)18)23(28)31/h3-12,14H,13H2,1-2H3,(H2,26,27,29,33). The van der Waals surface area contributed by atoms with Crippen molar-refractivity contribution in [2.45, 2.75) is 19.9 Å². The maximum atomic E-state index is 13.1. The van der Waals surface area contributed by atoms with E-state index in [9.17, 15) is 24.0 Å². The van der Waals surface area contributed by atoms with Crippen LogP contribution in [0, 0.1) is 0 Å². The quantitative estimate of drug-likeness (QED) is 0.447. The minimum absolute atomic E-state index is 0.114. The highest BCUT2D eigenvalue weighted by atomic mass is 16.5. The van der Waals surface area contributed by atoms with Gasteiger partial charge in [0.25, 0.3) is 17.7 Å². The first-order chi connectivity index (χ1) is 16.3. The Labute approximate surface area is 194 Å². The van der Waals surface area contributed by atoms with Crippen molar-refractivity contribution >= 4 is 46.2 Å². The molecule has 0 aromatic heterocycles. The molecule has 0 atom stereocenters. The number of nitrogens with one attached hydrogen (secondary N) is 2. The summed E-state index contributed by atoms with van der Waals surface area (Å²) in [6.07, 6.45) is 0. The lowest BCUT2D eigenvalue weighted by molar-refractivity contribution is -0.123. The molecule has 9 heteroatoms. The van der Waals surface area contributed by atoms with Gasteiger partial charge in [-0.3, -0.25) is 19.7 Å². The second kappa shape index (κ2) is 9.14. The Bertz CT molecular complexity index is 1280. The van der Waals surface area contributed by atoms with E-state index < -0.39 is 36.3 Å². The molecule has 1 heterocycles. The summed E-state index contributed by atoms with van der Waals surface area (Å²) in [6.45, 7) is 2.83. The van der Waals surface area contributed by atoms with Crippen LogP contribution in [0.3, 0.4) is 0 Å². The summed E-state index contributed by atoms with van der Waals surface area (Å²) in [5.74, 6) is -2.49. The first kappa shape index (κ1) is 22.7. The van der Waals surface area contributed by atoms with Gasteiger partial charge in [0, 0.05) is 22.6 Å². The zero-order chi connectivity index (χ0) is 24.4.